The van der Waals surface area contributed by atoms with E-state index in [9.17, 15) is 9.59 Å². The van der Waals surface area contributed by atoms with Crippen LogP contribution < -0.4 is 5.32 Å². The Labute approximate surface area is 170 Å². The van der Waals surface area contributed by atoms with E-state index in [0.29, 0.717) is 16.5 Å². The van der Waals surface area contributed by atoms with E-state index in [0.717, 1.165) is 10.5 Å². The molecule has 1 aromatic heterocycles. The smallest absolute Gasteiger partial charge is 0.325 e. The van der Waals surface area contributed by atoms with E-state index < -0.39 is 17.5 Å². The van der Waals surface area contributed by atoms with Crippen LogP contribution in [0.1, 0.15) is 18.3 Å². The van der Waals surface area contributed by atoms with Crippen LogP contribution in [0.4, 0.5) is 4.79 Å². The maximum Gasteiger partial charge on any atom is 0.325 e. The Balaban J connectivity index is 1.59. The Kier molecular flexibility index (Phi) is 4.56. The van der Waals surface area contributed by atoms with Gasteiger partial charge >= 0.3 is 6.03 Å². The zero-order valence-corrected chi connectivity index (χ0v) is 16.2. The second kappa shape index (κ2) is 6.92. The number of aromatic nitrogens is 2. The number of carbonyl (C=O) groups is 2. The topological polar surface area (TPSA) is 88.3 Å². The highest BCUT2D eigenvalue weighted by Gasteiger charge is 2.50. The second-order valence-corrected chi connectivity index (χ2v) is 7.30. The summed E-state index contributed by atoms with van der Waals surface area (Å²) < 4.78 is 5.23. The molecule has 3 aromatic rings. The van der Waals surface area contributed by atoms with Gasteiger partial charge in [0.2, 0.25) is 0 Å². The van der Waals surface area contributed by atoms with Crippen molar-refractivity contribution in [1.29, 1.82) is 0 Å². The monoisotopic (exact) mass is 416 g/mol. The Morgan fingerprint density at radius 1 is 1.14 bits per heavy atom. The molecule has 7 nitrogen and oxygen atoms in total. The van der Waals surface area contributed by atoms with Crippen LogP contribution in [0.25, 0.3) is 11.5 Å². The summed E-state index contributed by atoms with van der Waals surface area (Å²) in [6.07, 6.45) is 0. The van der Waals surface area contributed by atoms with Crippen LogP contribution in [-0.4, -0.2) is 27.0 Å². The quantitative estimate of drug-likeness (QED) is 0.648. The number of nitrogens with one attached hydrogen (secondary N) is 1. The van der Waals surface area contributed by atoms with E-state index in [1.54, 1.807) is 19.1 Å². The molecule has 0 bridgehead atoms. The fourth-order valence-electron chi connectivity index (χ4n) is 3.08. The summed E-state index contributed by atoms with van der Waals surface area (Å²) in [6, 6.07) is 13.4. The molecule has 142 valence electrons. The lowest BCUT2D eigenvalue weighted by Gasteiger charge is -2.23. The summed E-state index contributed by atoms with van der Waals surface area (Å²) in [5.74, 6) is 0.0627. The molecule has 1 N–H and O–H groups in total. The molecule has 0 saturated carbocycles. The minimum atomic E-state index is -1.31. The van der Waals surface area contributed by atoms with Crippen molar-refractivity contribution >= 4 is 35.1 Å². The lowest BCUT2D eigenvalue weighted by atomic mass is 9.92. The van der Waals surface area contributed by atoms with Gasteiger partial charge in [-0.15, -0.1) is 0 Å². The average molecular weight is 417 g/mol. The molecule has 0 aliphatic carbocycles. The molecule has 28 heavy (non-hydrogen) atoms. The minimum absolute atomic E-state index is 0.123. The highest BCUT2D eigenvalue weighted by molar-refractivity contribution is 6.35. The molecule has 1 aliphatic rings. The van der Waals surface area contributed by atoms with Crippen LogP contribution in [0.3, 0.4) is 0 Å². The van der Waals surface area contributed by atoms with Crippen LogP contribution in [0, 0.1) is 0 Å². The lowest BCUT2D eigenvalue weighted by molar-refractivity contribution is -0.131. The van der Waals surface area contributed by atoms with Gasteiger partial charge in [-0.05, 0) is 31.2 Å². The number of halogens is 2. The van der Waals surface area contributed by atoms with Gasteiger partial charge in [0.05, 0.1) is 6.54 Å². The molecule has 1 atom stereocenters. The summed E-state index contributed by atoms with van der Waals surface area (Å²) in [7, 11) is 0. The SMILES string of the molecule is CC1(c2ccc(Cl)cc2Cl)NC(=O)N(Cc2noc(-c3ccccc3)n2)C1=O. The zero-order chi connectivity index (χ0) is 19.9. The minimum Gasteiger partial charge on any atom is -0.334 e. The molecule has 0 spiro atoms. The molecule has 1 saturated heterocycles. The average Bonchev–Trinajstić information content (AvgIpc) is 3.22. The molecule has 3 amide bonds. The number of hydrogen-bond donors (Lipinski definition) is 1. The maximum atomic E-state index is 13.0. The first kappa shape index (κ1) is 18.5. The fourth-order valence-corrected chi connectivity index (χ4v) is 3.67. The molecular weight excluding hydrogens is 403 g/mol. The van der Waals surface area contributed by atoms with Crippen LogP contribution in [0.15, 0.2) is 53.1 Å². The molecule has 2 heterocycles. The van der Waals surface area contributed by atoms with E-state index in [-0.39, 0.29) is 17.4 Å². The van der Waals surface area contributed by atoms with Gasteiger partial charge in [0, 0.05) is 21.2 Å². The van der Waals surface area contributed by atoms with Crippen molar-refractivity contribution in [2.24, 2.45) is 0 Å². The Hall–Kier alpha value is -2.90. The maximum absolute atomic E-state index is 13.0. The number of imide groups is 1. The van der Waals surface area contributed by atoms with Gasteiger partial charge in [-0.25, -0.2) is 4.79 Å². The summed E-state index contributed by atoms with van der Waals surface area (Å²) >= 11 is 12.2. The lowest BCUT2D eigenvalue weighted by Crippen LogP contribution is -2.41. The van der Waals surface area contributed by atoms with E-state index in [2.05, 4.69) is 15.5 Å². The standard InChI is InChI=1S/C19H14Cl2N4O3/c1-19(13-8-7-12(20)9-14(13)21)17(26)25(18(27)23-19)10-15-22-16(28-24-15)11-5-3-2-4-6-11/h2-9H,10H2,1H3,(H,23,27). The van der Waals surface area contributed by atoms with Gasteiger partial charge in [0.25, 0.3) is 11.8 Å². The molecule has 4 rings (SSSR count). The third kappa shape index (κ3) is 3.12. The van der Waals surface area contributed by atoms with Crippen molar-refractivity contribution in [2.45, 2.75) is 19.0 Å². The van der Waals surface area contributed by atoms with Gasteiger partial charge < -0.3 is 9.84 Å². The highest BCUT2D eigenvalue weighted by atomic mass is 35.5. The van der Waals surface area contributed by atoms with Gasteiger partial charge in [-0.2, -0.15) is 4.98 Å². The van der Waals surface area contributed by atoms with Crippen molar-refractivity contribution < 1.29 is 14.1 Å². The third-order valence-corrected chi connectivity index (χ3v) is 5.08. The van der Waals surface area contributed by atoms with Crippen LogP contribution in [0.2, 0.25) is 10.0 Å². The van der Waals surface area contributed by atoms with Gasteiger partial charge in [-0.1, -0.05) is 52.6 Å². The predicted molar refractivity (Wildman–Crippen MR) is 103 cm³/mol. The Bertz CT molecular complexity index is 1070. The molecule has 0 radical (unpaired) electrons. The van der Waals surface area contributed by atoms with Crippen LogP contribution >= 0.6 is 23.2 Å². The second-order valence-electron chi connectivity index (χ2n) is 6.45. The van der Waals surface area contributed by atoms with Gasteiger partial charge in [-0.3, -0.25) is 9.69 Å². The molecular formula is C19H14Cl2N4O3. The van der Waals surface area contributed by atoms with Gasteiger partial charge in [0.15, 0.2) is 5.82 Å². The number of amides is 3. The first-order chi connectivity index (χ1) is 13.4. The first-order valence-electron chi connectivity index (χ1n) is 8.36. The normalized spacial score (nSPS) is 19.2. The molecule has 9 heteroatoms. The summed E-state index contributed by atoms with van der Waals surface area (Å²) in [6.45, 7) is 1.47. The first-order valence-corrected chi connectivity index (χ1v) is 9.12. The zero-order valence-electron chi connectivity index (χ0n) is 14.6. The Morgan fingerprint density at radius 3 is 2.61 bits per heavy atom. The summed E-state index contributed by atoms with van der Waals surface area (Å²) in [4.78, 5) is 30.8. The fraction of sp³-hybridized carbons (Fsp3) is 0.158. The van der Waals surface area contributed by atoms with E-state index >= 15 is 0 Å². The molecule has 1 fully saturated rings. The molecule has 2 aromatic carbocycles. The largest absolute Gasteiger partial charge is 0.334 e. The number of hydrogen-bond acceptors (Lipinski definition) is 5. The number of nitrogens with zero attached hydrogens (tertiary/aromatic N) is 3. The van der Waals surface area contributed by atoms with E-state index in [1.807, 2.05) is 30.3 Å². The van der Waals surface area contributed by atoms with Crippen molar-refractivity contribution in [3.8, 4) is 11.5 Å². The van der Waals surface area contributed by atoms with Crippen molar-refractivity contribution in [1.82, 2.24) is 20.4 Å². The van der Waals surface area contributed by atoms with E-state index in [4.69, 9.17) is 27.7 Å². The van der Waals surface area contributed by atoms with Crippen molar-refractivity contribution in [3.63, 3.8) is 0 Å². The van der Waals surface area contributed by atoms with Crippen LogP contribution in [0.5, 0.6) is 0 Å². The number of carbonyl (C=O) groups excluding carboxylic acids is 2. The van der Waals surface area contributed by atoms with Crippen LogP contribution in [-0.2, 0) is 16.9 Å². The Morgan fingerprint density at radius 2 is 1.89 bits per heavy atom. The third-order valence-electron chi connectivity index (χ3n) is 4.53. The van der Waals surface area contributed by atoms with E-state index in [1.165, 1.54) is 6.07 Å². The summed E-state index contributed by atoms with van der Waals surface area (Å²) in [5, 5.41) is 7.28. The number of rotatable bonds is 4. The molecule has 1 aliphatic heterocycles. The predicted octanol–water partition coefficient (Wildman–Crippen LogP) is 4.01. The van der Waals surface area contributed by atoms with Crippen molar-refractivity contribution in [3.05, 3.63) is 70.0 Å². The number of urea groups is 1. The molecule has 1 unspecified atom stereocenters. The highest BCUT2D eigenvalue weighted by Crippen LogP contribution is 2.35. The van der Waals surface area contributed by atoms with Crippen molar-refractivity contribution in [2.75, 3.05) is 0 Å². The number of benzene rings is 2. The van der Waals surface area contributed by atoms with Gasteiger partial charge in [0.1, 0.15) is 5.54 Å². The summed E-state index contributed by atoms with van der Waals surface area (Å²) in [5.41, 5.74) is -0.112.